The Kier molecular flexibility index (Phi) is 2.24. The number of ether oxygens (including phenoxy) is 1. The molecule has 0 aliphatic heterocycles. The fourth-order valence-electron chi connectivity index (χ4n) is 0.996. The third-order valence-electron chi connectivity index (χ3n) is 1.42. The lowest BCUT2D eigenvalue weighted by Crippen LogP contribution is -2.16. The number of hydrogen-bond acceptors (Lipinski definition) is 3. The number of rotatable bonds is 1. The van der Waals surface area contributed by atoms with E-state index in [4.69, 9.17) is 5.11 Å². The van der Waals surface area contributed by atoms with Crippen LogP contribution < -0.4 is 0 Å². The molecular formula is C7H9FO3. The normalized spacial score (nSPS) is 29.9. The molecule has 2 unspecified atom stereocenters. The summed E-state index contributed by atoms with van der Waals surface area (Å²) in [6.45, 7) is 1.21. The first kappa shape index (κ1) is 8.20. The summed E-state index contributed by atoms with van der Waals surface area (Å²) in [5.74, 6) is -1.10. The zero-order valence-electron chi connectivity index (χ0n) is 6.08. The van der Waals surface area contributed by atoms with Crippen molar-refractivity contribution >= 4 is 5.97 Å². The van der Waals surface area contributed by atoms with Gasteiger partial charge in [0.1, 0.15) is 5.83 Å². The summed E-state index contributed by atoms with van der Waals surface area (Å²) in [7, 11) is 0. The SMILES string of the molecule is CC(=O)OC1CC(O)C=C1F. The van der Waals surface area contributed by atoms with Crippen molar-refractivity contribution in [3.8, 4) is 0 Å². The van der Waals surface area contributed by atoms with Gasteiger partial charge < -0.3 is 9.84 Å². The molecule has 0 heterocycles. The molecule has 0 saturated carbocycles. The largest absolute Gasteiger partial charge is 0.455 e. The molecule has 0 aromatic heterocycles. The Hall–Kier alpha value is -0.900. The predicted molar refractivity (Wildman–Crippen MR) is 35.4 cm³/mol. The Balaban J connectivity index is 2.50. The van der Waals surface area contributed by atoms with Gasteiger partial charge in [0.2, 0.25) is 0 Å². The molecule has 62 valence electrons. The molecule has 1 aliphatic rings. The molecule has 0 fully saturated rings. The topological polar surface area (TPSA) is 46.5 Å². The van der Waals surface area contributed by atoms with E-state index in [-0.39, 0.29) is 6.42 Å². The molecule has 0 spiro atoms. The maximum Gasteiger partial charge on any atom is 0.303 e. The van der Waals surface area contributed by atoms with Crippen LogP contribution in [0.1, 0.15) is 13.3 Å². The molecule has 1 rings (SSSR count). The third kappa shape index (κ3) is 2.01. The number of esters is 1. The predicted octanol–water partition coefficient (Wildman–Crippen LogP) is 0.536. The molecule has 0 aromatic carbocycles. The lowest BCUT2D eigenvalue weighted by molar-refractivity contribution is -0.145. The van der Waals surface area contributed by atoms with E-state index in [2.05, 4.69) is 4.74 Å². The Bertz CT molecular complexity index is 200. The van der Waals surface area contributed by atoms with E-state index in [1.165, 1.54) is 6.92 Å². The van der Waals surface area contributed by atoms with E-state index in [1.54, 1.807) is 0 Å². The van der Waals surface area contributed by atoms with Gasteiger partial charge in [-0.3, -0.25) is 4.79 Å². The van der Waals surface area contributed by atoms with Gasteiger partial charge in [-0.2, -0.15) is 0 Å². The van der Waals surface area contributed by atoms with Gasteiger partial charge >= 0.3 is 5.97 Å². The second kappa shape index (κ2) is 3.00. The maximum absolute atomic E-state index is 12.6. The van der Waals surface area contributed by atoms with Crippen LogP contribution in [0.3, 0.4) is 0 Å². The van der Waals surface area contributed by atoms with Gasteiger partial charge in [-0.15, -0.1) is 0 Å². The Morgan fingerprint density at radius 1 is 1.91 bits per heavy atom. The highest BCUT2D eigenvalue weighted by molar-refractivity contribution is 5.66. The van der Waals surface area contributed by atoms with E-state index >= 15 is 0 Å². The van der Waals surface area contributed by atoms with Gasteiger partial charge in [-0.1, -0.05) is 0 Å². The highest BCUT2D eigenvalue weighted by Gasteiger charge is 2.27. The maximum atomic E-state index is 12.6. The second-order valence-corrected chi connectivity index (χ2v) is 2.45. The summed E-state index contributed by atoms with van der Waals surface area (Å²) in [5, 5.41) is 8.88. The summed E-state index contributed by atoms with van der Waals surface area (Å²) in [4.78, 5) is 10.4. The van der Waals surface area contributed by atoms with Crippen molar-refractivity contribution in [2.24, 2.45) is 0 Å². The van der Waals surface area contributed by atoms with Crippen LogP contribution in [0.25, 0.3) is 0 Å². The highest BCUT2D eigenvalue weighted by Crippen LogP contribution is 2.23. The minimum Gasteiger partial charge on any atom is -0.455 e. The molecule has 4 heteroatoms. The first-order valence-corrected chi connectivity index (χ1v) is 3.32. The molecule has 1 N–H and O–H groups in total. The average molecular weight is 160 g/mol. The lowest BCUT2D eigenvalue weighted by Gasteiger charge is -2.09. The number of aliphatic hydroxyl groups is 1. The van der Waals surface area contributed by atoms with E-state index in [0.29, 0.717) is 0 Å². The Morgan fingerprint density at radius 3 is 2.91 bits per heavy atom. The zero-order valence-corrected chi connectivity index (χ0v) is 6.08. The average Bonchev–Trinajstić information content (AvgIpc) is 2.09. The van der Waals surface area contributed by atoms with Gasteiger partial charge in [0.05, 0.1) is 6.10 Å². The summed E-state index contributed by atoms with van der Waals surface area (Å²) < 4.78 is 17.2. The van der Waals surface area contributed by atoms with Gasteiger partial charge in [0.25, 0.3) is 0 Å². The molecule has 3 nitrogen and oxygen atoms in total. The smallest absolute Gasteiger partial charge is 0.303 e. The first-order chi connectivity index (χ1) is 5.09. The van der Waals surface area contributed by atoms with Gasteiger partial charge in [-0.25, -0.2) is 4.39 Å². The van der Waals surface area contributed by atoms with E-state index in [9.17, 15) is 9.18 Å². The monoisotopic (exact) mass is 160 g/mol. The van der Waals surface area contributed by atoms with Crippen LogP contribution in [0.2, 0.25) is 0 Å². The molecule has 0 radical (unpaired) electrons. The highest BCUT2D eigenvalue weighted by atomic mass is 19.1. The van der Waals surface area contributed by atoms with E-state index in [0.717, 1.165) is 6.08 Å². The van der Waals surface area contributed by atoms with Crippen LogP contribution in [-0.2, 0) is 9.53 Å². The molecule has 0 amide bonds. The summed E-state index contributed by atoms with van der Waals surface area (Å²) in [5.41, 5.74) is 0. The molecule has 0 aromatic rings. The number of hydrogen-bond donors (Lipinski definition) is 1. The second-order valence-electron chi connectivity index (χ2n) is 2.45. The number of carbonyl (C=O) groups is 1. The van der Waals surface area contributed by atoms with Crippen LogP contribution in [0, 0.1) is 0 Å². The number of carbonyl (C=O) groups excluding carboxylic acids is 1. The van der Waals surface area contributed by atoms with Crippen LogP contribution in [0.5, 0.6) is 0 Å². The molecular weight excluding hydrogens is 151 g/mol. The van der Waals surface area contributed by atoms with E-state index < -0.39 is 24.0 Å². The van der Waals surface area contributed by atoms with Crippen molar-refractivity contribution in [3.05, 3.63) is 11.9 Å². The van der Waals surface area contributed by atoms with Gasteiger partial charge in [0, 0.05) is 13.3 Å². The first-order valence-electron chi connectivity index (χ1n) is 3.32. The van der Waals surface area contributed by atoms with Crippen molar-refractivity contribution in [1.29, 1.82) is 0 Å². The Labute approximate surface area is 63.5 Å². The zero-order chi connectivity index (χ0) is 8.43. The minimum absolute atomic E-state index is 0.130. The number of halogens is 1. The molecule has 11 heavy (non-hydrogen) atoms. The van der Waals surface area contributed by atoms with Crippen molar-refractivity contribution in [3.63, 3.8) is 0 Å². The summed E-state index contributed by atoms with van der Waals surface area (Å²) >= 11 is 0. The van der Waals surface area contributed by atoms with Crippen molar-refractivity contribution in [2.75, 3.05) is 0 Å². The Morgan fingerprint density at radius 2 is 2.55 bits per heavy atom. The third-order valence-corrected chi connectivity index (χ3v) is 1.42. The van der Waals surface area contributed by atoms with Crippen molar-refractivity contribution in [1.82, 2.24) is 0 Å². The fraction of sp³-hybridized carbons (Fsp3) is 0.571. The minimum atomic E-state index is -0.873. The van der Waals surface area contributed by atoms with Crippen LogP contribution >= 0.6 is 0 Å². The molecule has 0 saturated heterocycles. The summed E-state index contributed by atoms with van der Waals surface area (Å²) in [6, 6.07) is 0. The fourth-order valence-corrected chi connectivity index (χ4v) is 0.996. The van der Waals surface area contributed by atoms with Gasteiger partial charge in [-0.05, 0) is 6.08 Å². The van der Waals surface area contributed by atoms with Gasteiger partial charge in [0.15, 0.2) is 6.10 Å². The van der Waals surface area contributed by atoms with Crippen LogP contribution in [0.15, 0.2) is 11.9 Å². The van der Waals surface area contributed by atoms with Crippen LogP contribution in [-0.4, -0.2) is 23.3 Å². The van der Waals surface area contributed by atoms with E-state index in [1.807, 2.05) is 0 Å². The standard InChI is InChI=1S/C7H9FO3/c1-4(9)11-7-3-5(10)2-6(7)8/h2,5,7,10H,3H2,1H3. The quantitative estimate of drug-likeness (QED) is 0.569. The van der Waals surface area contributed by atoms with Crippen molar-refractivity contribution in [2.45, 2.75) is 25.6 Å². The molecule has 2 atom stereocenters. The molecule has 1 aliphatic carbocycles. The molecule has 0 bridgehead atoms. The number of aliphatic hydroxyl groups excluding tert-OH is 1. The lowest BCUT2D eigenvalue weighted by atomic mass is 10.3. The van der Waals surface area contributed by atoms with Crippen LogP contribution in [0.4, 0.5) is 4.39 Å². The summed E-state index contributed by atoms with van der Waals surface area (Å²) in [6.07, 6.45) is -0.513. The van der Waals surface area contributed by atoms with Crippen molar-refractivity contribution < 1.29 is 19.0 Å².